The van der Waals surface area contributed by atoms with Crippen molar-refractivity contribution >= 4 is 14.1 Å². The van der Waals surface area contributed by atoms with Gasteiger partial charge in [0, 0.05) is 25.2 Å². The standard InChI is InChI=1S/C17H26O2Si/c1-6-7-8-9-10-17-13(2)15(19-20(3,4)5)11-14(17)12-16(17)18/h14H,6-8,11-12H2,1-5H3/t14-,17-/m0/s1. The van der Waals surface area contributed by atoms with Crippen LogP contribution in [0, 0.1) is 23.2 Å². The molecule has 3 heteroatoms. The average molecular weight is 290 g/mol. The third kappa shape index (κ3) is 2.58. The lowest BCUT2D eigenvalue weighted by Gasteiger charge is -2.40. The number of fused-ring (bicyclic) bond motifs is 1. The van der Waals surface area contributed by atoms with Crippen LogP contribution in [0.5, 0.6) is 0 Å². The van der Waals surface area contributed by atoms with Gasteiger partial charge in [-0.3, -0.25) is 4.79 Å². The first-order valence-electron chi connectivity index (χ1n) is 7.74. The topological polar surface area (TPSA) is 26.3 Å². The van der Waals surface area contributed by atoms with Crippen molar-refractivity contribution in [1.82, 2.24) is 0 Å². The molecule has 0 aromatic carbocycles. The zero-order valence-electron chi connectivity index (χ0n) is 13.4. The molecule has 2 atom stereocenters. The maximum absolute atomic E-state index is 12.2. The average Bonchev–Trinajstić information content (AvgIpc) is 2.53. The Labute approximate surface area is 124 Å². The van der Waals surface area contributed by atoms with Crippen LogP contribution < -0.4 is 0 Å². The number of rotatable bonds is 4. The predicted molar refractivity (Wildman–Crippen MR) is 84.6 cm³/mol. The number of carbonyl (C=O) groups excluding carboxylic acids is 1. The highest BCUT2D eigenvalue weighted by atomic mass is 28.4. The fraction of sp³-hybridized carbons (Fsp3) is 0.706. The molecule has 2 rings (SSSR count). The Morgan fingerprint density at radius 3 is 2.60 bits per heavy atom. The second-order valence-electron chi connectivity index (χ2n) is 7.00. The summed E-state index contributed by atoms with van der Waals surface area (Å²) in [5.74, 6) is 8.30. The summed E-state index contributed by atoms with van der Waals surface area (Å²) < 4.78 is 6.19. The molecule has 1 fully saturated rings. The largest absolute Gasteiger partial charge is 0.547 e. The minimum atomic E-state index is -1.61. The summed E-state index contributed by atoms with van der Waals surface area (Å²) in [5, 5.41) is 0. The van der Waals surface area contributed by atoms with Crippen molar-refractivity contribution in [2.75, 3.05) is 0 Å². The van der Waals surface area contributed by atoms with E-state index in [1.165, 1.54) is 0 Å². The van der Waals surface area contributed by atoms with Crippen LogP contribution in [0.15, 0.2) is 11.3 Å². The van der Waals surface area contributed by atoms with Gasteiger partial charge in [0.1, 0.15) is 5.41 Å². The molecule has 0 bridgehead atoms. The van der Waals surface area contributed by atoms with Gasteiger partial charge in [-0.05, 0) is 38.6 Å². The molecule has 110 valence electrons. The van der Waals surface area contributed by atoms with Gasteiger partial charge >= 0.3 is 0 Å². The van der Waals surface area contributed by atoms with Gasteiger partial charge in [-0.1, -0.05) is 19.3 Å². The lowest BCUT2D eigenvalue weighted by Crippen LogP contribution is -2.47. The van der Waals surface area contributed by atoms with Gasteiger partial charge in [-0.25, -0.2) is 0 Å². The molecule has 0 radical (unpaired) electrons. The summed E-state index contributed by atoms with van der Waals surface area (Å²) in [6.45, 7) is 10.8. The molecule has 1 saturated carbocycles. The Hall–Kier alpha value is -1.01. The van der Waals surface area contributed by atoms with Crippen LogP contribution in [0.4, 0.5) is 0 Å². The van der Waals surface area contributed by atoms with E-state index in [1.54, 1.807) is 0 Å². The van der Waals surface area contributed by atoms with Crippen molar-refractivity contribution in [2.45, 2.75) is 65.6 Å². The summed E-state index contributed by atoms with van der Waals surface area (Å²) >= 11 is 0. The fourth-order valence-corrected chi connectivity index (χ4v) is 4.17. The number of unbranched alkanes of at least 4 members (excludes halogenated alkanes) is 2. The van der Waals surface area contributed by atoms with Crippen LogP contribution in [-0.4, -0.2) is 14.1 Å². The minimum absolute atomic E-state index is 0.304. The van der Waals surface area contributed by atoms with Crippen molar-refractivity contribution in [3.05, 3.63) is 11.3 Å². The SMILES string of the molecule is CCCCC#C[C@@]12C(=O)C[C@@H]1CC(O[Si](C)(C)C)=C2C. The zero-order valence-corrected chi connectivity index (χ0v) is 14.4. The van der Waals surface area contributed by atoms with Gasteiger partial charge in [0.2, 0.25) is 8.32 Å². The number of carbonyl (C=O) groups is 1. The maximum atomic E-state index is 12.2. The van der Waals surface area contributed by atoms with Gasteiger partial charge in [-0.2, -0.15) is 0 Å². The van der Waals surface area contributed by atoms with E-state index in [-0.39, 0.29) is 0 Å². The molecule has 2 nitrogen and oxygen atoms in total. The van der Waals surface area contributed by atoms with E-state index in [0.29, 0.717) is 18.1 Å². The summed E-state index contributed by atoms with van der Waals surface area (Å²) in [7, 11) is -1.61. The second kappa shape index (κ2) is 5.41. The highest BCUT2D eigenvalue weighted by Crippen LogP contribution is 2.57. The van der Waals surface area contributed by atoms with Crippen LogP contribution in [0.1, 0.15) is 46.0 Å². The third-order valence-electron chi connectivity index (χ3n) is 4.30. The van der Waals surface area contributed by atoms with E-state index in [1.807, 2.05) is 0 Å². The second-order valence-corrected chi connectivity index (χ2v) is 11.4. The summed E-state index contributed by atoms with van der Waals surface area (Å²) in [4.78, 5) is 12.2. The molecular weight excluding hydrogens is 264 g/mol. The molecule has 0 aromatic rings. The van der Waals surface area contributed by atoms with Crippen LogP contribution in [0.3, 0.4) is 0 Å². The van der Waals surface area contributed by atoms with Gasteiger partial charge in [0.05, 0.1) is 5.76 Å². The number of hydrogen-bond acceptors (Lipinski definition) is 2. The van der Waals surface area contributed by atoms with Gasteiger partial charge in [0.25, 0.3) is 0 Å². The van der Waals surface area contributed by atoms with Crippen molar-refractivity contribution in [1.29, 1.82) is 0 Å². The molecule has 0 heterocycles. The van der Waals surface area contributed by atoms with Gasteiger partial charge in [-0.15, -0.1) is 5.92 Å². The molecule has 0 saturated heterocycles. The lowest BCUT2D eigenvalue weighted by atomic mass is 9.59. The normalized spacial score (nSPS) is 28.6. The predicted octanol–water partition coefficient (Wildman–Crippen LogP) is 4.28. The smallest absolute Gasteiger partial charge is 0.241 e. The lowest BCUT2D eigenvalue weighted by molar-refractivity contribution is -0.136. The van der Waals surface area contributed by atoms with E-state index in [0.717, 1.165) is 37.0 Å². The van der Waals surface area contributed by atoms with E-state index in [2.05, 4.69) is 45.3 Å². The monoisotopic (exact) mass is 290 g/mol. The Morgan fingerprint density at radius 2 is 2.05 bits per heavy atom. The zero-order chi connectivity index (χ0) is 15.0. The van der Waals surface area contributed by atoms with Crippen LogP contribution in [0.2, 0.25) is 19.6 Å². The molecule has 0 aliphatic heterocycles. The van der Waals surface area contributed by atoms with Crippen molar-refractivity contribution < 1.29 is 9.22 Å². The molecule has 0 aromatic heterocycles. The highest BCUT2D eigenvalue weighted by Gasteiger charge is 2.60. The Balaban J connectivity index is 2.24. The summed E-state index contributed by atoms with van der Waals surface area (Å²) in [6.07, 6.45) is 4.75. The Morgan fingerprint density at radius 1 is 1.35 bits per heavy atom. The molecule has 0 spiro atoms. The first-order valence-corrected chi connectivity index (χ1v) is 11.1. The van der Waals surface area contributed by atoms with E-state index in [4.69, 9.17) is 4.43 Å². The molecule has 0 amide bonds. The first-order chi connectivity index (χ1) is 9.31. The molecule has 2 aliphatic carbocycles. The van der Waals surface area contributed by atoms with Crippen LogP contribution in [-0.2, 0) is 9.22 Å². The van der Waals surface area contributed by atoms with E-state index >= 15 is 0 Å². The van der Waals surface area contributed by atoms with Gasteiger partial charge in [0.15, 0.2) is 5.78 Å². The molecule has 2 aliphatic rings. The number of Topliss-reactive ketones (excluding diaryl/α,β-unsaturated/α-hetero) is 1. The van der Waals surface area contributed by atoms with Crippen molar-refractivity contribution in [3.63, 3.8) is 0 Å². The molecular formula is C17H26O2Si. The fourth-order valence-electron chi connectivity index (χ4n) is 3.19. The van der Waals surface area contributed by atoms with E-state index < -0.39 is 13.7 Å². The van der Waals surface area contributed by atoms with Crippen LogP contribution >= 0.6 is 0 Å². The Kier molecular flexibility index (Phi) is 4.16. The van der Waals surface area contributed by atoms with Gasteiger partial charge < -0.3 is 4.43 Å². The first kappa shape index (κ1) is 15.4. The van der Waals surface area contributed by atoms with E-state index in [9.17, 15) is 4.79 Å². The Bertz CT molecular complexity index is 501. The minimum Gasteiger partial charge on any atom is -0.547 e. The summed E-state index contributed by atoms with van der Waals surface area (Å²) in [6, 6.07) is 0. The molecule has 0 N–H and O–H groups in total. The maximum Gasteiger partial charge on any atom is 0.241 e. The number of allylic oxidation sites excluding steroid dienone is 2. The molecule has 20 heavy (non-hydrogen) atoms. The number of ketones is 1. The summed E-state index contributed by atoms with van der Waals surface area (Å²) in [5.41, 5.74) is 0.619. The highest BCUT2D eigenvalue weighted by molar-refractivity contribution is 6.70. The molecule has 0 unspecified atom stereocenters. The number of hydrogen-bond donors (Lipinski definition) is 0. The van der Waals surface area contributed by atoms with Crippen molar-refractivity contribution in [2.24, 2.45) is 11.3 Å². The van der Waals surface area contributed by atoms with Crippen molar-refractivity contribution in [3.8, 4) is 11.8 Å². The quantitative estimate of drug-likeness (QED) is 0.439. The van der Waals surface area contributed by atoms with Crippen LogP contribution in [0.25, 0.3) is 0 Å². The third-order valence-corrected chi connectivity index (χ3v) is 5.15.